The summed E-state index contributed by atoms with van der Waals surface area (Å²) in [5.41, 5.74) is 4.01. The van der Waals surface area contributed by atoms with E-state index in [0.29, 0.717) is 10.7 Å². The summed E-state index contributed by atoms with van der Waals surface area (Å²) in [6.07, 6.45) is 4.20. The molecule has 0 N–H and O–H groups in total. The molecular weight excluding hydrogens is 310 g/mol. The van der Waals surface area contributed by atoms with Gasteiger partial charge in [-0.05, 0) is 38.5 Å². The normalized spacial score (nSPS) is 31.3. The van der Waals surface area contributed by atoms with Crippen LogP contribution in [0.2, 0.25) is 5.02 Å². The number of benzene rings is 1. The van der Waals surface area contributed by atoms with Crippen molar-refractivity contribution in [1.29, 1.82) is 0 Å². The second kappa shape index (κ2) is 4.81. The lowest BCUT2D eigenvalue weighted by Gasteiger charge is -2.19. The van der Waals surface area contributed by atoms with E-state index >= 15 is 0 Å². The molecule has 0 radical (unpaired) electrons. The maximum absolute atomic E-state index is 13.0. The summed E-state index contributed by atoms with van der Waals surface area (Å²) in [5, 5.41) is 0.575. The van der Waals surface area contributed by atoms with Crippen LogP contribution in [-0.4, -0.2) is 11.8 Å². The number of imide groups is 1. The fourth-order valence-electron chi connectivity index (χ4n) is 4.41. The molecule has 2 fully saturated rings. The monoisotopic (exact) mass is 327 g/mol. The fraction of sp³-hybridized carbons (Fsp3) is 0.368. The highest BCUT2D eigenvalue weighted by atomic mass is 35.5. The lowest BCUT2D eigenvalue weighted by Crippen LogP contribution is -2.33. The molecule has 4 heteroatoms. The summed E-state index contributed by atoms with van der Waals surface area (Å²) in [6.45, 7) is 6.03. The van der Waals surface area contributed by atoms with E-state index in [-0.39, 0.29) is 35.5 Å². The van der Waals surface area contributed by atoms with Crippen molar-refractivity contribution in [1.82, 2.24) is 0 Å². The number of hydrogen-bond donors (Lipinski definition) is 0. The minimum absolute atomic E-state index is 0.0809. The van der Waals surface area contributed by atoms with Crippen LogP contribution in [0.5, 0.6) is 0 Å². The van der Waals surface area contributed by atoms with Crippen LogP contribution in [0.1, 0.15) is 19.4 Å². The zero-order valence-corrected chi connectivity index (χ0v) is 14.1. The third-order valence-corrected chi connectivity index (χ3v) is 5.81. The van der Waals surface area contributed by atoms with E-state index in [1.165, 1.54) is 16.0 Å². The van der Waals surface area contributed by atoms with Crippen molar-refractivity contribution in [3.8, 4) is 0 Å². The predicted octanol–water partition coefficient (Wildman–Crippen LogP) is 3.91. The first-order valence-electron chi connectivity index (χ1n) is 7.91. The number of nitrogens with zero attached hydrogens (tertiary/aromatic N) is 1. The van der Waals surface area contributed by atoms with Crippen molar-refractivity contribution in [2.45, 2.75) is 20.8 Å². The quantitative estimate of drug-likeness (QED) is 0.579. The van der Waals surface area contributed by atoms with Gasteiger partial charge >= 0.3 is 0 Å². The number of allylic oxidation sites excluding steroid dienone is 4. The van der Waals surface area contributed by atoms with Crippen LogP contribution in [0.15, 0.2) is 41.5 Å². The predicted molar refractivity (Wildman–Crippen MR) is 90.2 cm³/mol. The Morgan fingerprint density at radius 2 is 1.61 bits per heavy atom. The van der Waals surface area contributed by atoms with E-state index in [2.05, 4.69) is 26.0 Å². The Balaban J connectivity index is 1.77. The van der Waals surface area contributed by atoms with E-state index in [0.717, 1.165) is 5.56 Å². The molecule has 4 atom stereocenters. The van der Waals surface area contributed by atoms with Gasteiger partial charge < -0.3 is 0 Å². The van der Waals surface area contributed by atoms with Gasteiger partial charge in [-0.2, -0.15) is 0 Å². The molecule has 118 valence electrons. The van der Waals surface area contributed by atoms with Crippen LogP contribution in [0, 0.1) is 30.6 Å². The summed E-state index contributed by atoms with van der Waals surface area (Å²) in [6, 6.07) is 5.36. The Morgan fingerprint density at radius 1 is 1.04 bits per heavy atom. The van der Waals surface area contributed by atoms with Crippen LogP contribution in [0.25, 0.3) is 0 Å². The standard InChI is InChI=1S/C19H18ClNO2/c1-9(2)15-12-6-7-13(15)17-16(12)18(22)21(19(17)23)11-5-4-10(3)14(20)8-11/h4-8,12-13,16-17H,1-3H3/t12-,13-,16+,17+/m1/s1. The largest absolute Gasteiger partial charge is 0.274 e. The number of hydrogen-bond acceptors (Lipinski definition) is 2. The van der Waals surface area contributed by atoms with E-state index in [1.54, 1.807) is 12.1 Å². The van der Waals surface area contributed by atoms with Crippen LogP contribution in [-0.2, 0) is 9.59 Å². The Kier molecular flexibility index (Phi) is 3.08. The minimum atomic E-state index is -0.248. The molecule has 0 spiro atoms. The van der Waals surface area contributed by atoms with Gasteiger partial charge in [-0.3, -0.25) is 9.59 Å². The molecule has 1 aromatic rings. The summed E-state index contributed by atoms with van der Waals surface area (Å²) in [5.74, 6) is -0.509. The third-order valence-electron chi connectivity index (χ3n) is 5.41. The van der Waals surface area contributed by atoms with E-state index in [9.17, 15) is 9.59 Å². The first-order valence-corrected chi connectivity index (χ1v) is 8.29. The molecule has 0 aromatic heterocycles. The molecule has 3 aliphatic rings. The lowest BCUT2D eigenvalue weighted by atomic mass is 9.85. The first kappa shape index (κ1) is 14.7. The highest BCUT2D eigenvalue weighted by Gasteiger charge is 2.61. The number of carbonyl (C=O) groups excluding carboxylic acids is 2. The highest BCUT2D eigenvalue weighted by molar-refractivity contribution is 6.32. The van der Waals surface area contributed by atoms with Gasteiger partial charge in [0, 0.05) is 16.9 Å². The van der Waals surface area contributed by atoms with Crippen LogP contribution < -0.4 is 4.90 Å². The smallest absolute Gasteiger partial charge is 0.238 e. The summed E-state index contributed by atoms with van der Waals surface area (Å²) >= 11 is 6.17. The molecule has 4 rings (SSSR count). The zero-order valence-electron chi connectivity index (χ0n) is 13.3. The maximum atomic E-state index is 13.0. The van der Waals surface area contributed by atoms with Gasteiger partial charge in [-0.25, -0.2) is 4.90 Å². The van der Waals surface area contributed by atoms with Crippen molar-refractivity contribution >= 4 is 29.1 Å². The Labute approximate surface area is 140 Å². The van der Waals surface area contributed by atoms with Crippen molar-refractivity contribution in [2.24, 2.45) is 23.7 Å². The van der Waals surface area contributed by atoms with Crippen molar-refractivity contribution < 1.29 is 9.59 Å². The van der Waals surface area contributed by atoms with Gasteiger partial charge in [0.1, 0.15) is 0 Å². The molecule has 1 saturated carbocycles. The molecule has 1 saturated heterocycles. The number of carbonyl (C=O) groups is 2. The maximum Gasteiger partial charge on any atom is 0.238 e. The van der Waals surface area contributed by atoms with Crippen LogP contribution in [0.3, 0.4) is 0 Å². The van der Waals surface area contributed by atoms with Gasteiger partial charge in [-0.1, -0.05) is 41.0 Å². The summed E-state index contributed by atoms with van der Waals surface area (Å²) < 4.78 is 0. The minimum Gasteiger partial charge on any atom is -0.274 e. The number of halogens is 1. The van der Waals surface area contributed by atoms with Gasteiger partial charge in [0.25, 0.3) is 0 Å². The number of anilines is 1. The topological polar surface area (TPSA) is 37.4 Å². The van der Waals surface area contributed by atoms with Crippen molar-refractivity contribution in [3.63, 3.8) is 0 Å². The molecular formula is C19H18ClNO2. The number of aryl methyl sites for hydroxylation is 1. The molecule has 1 aliphatic heterocycles. The van der Waals surface area contributed by atoms with Gasteiger partial charge in [0.2, 0.25) is 11.8 Å². The number of rotatable bonds is 1. The van der Waals surface area contributed by atoms with Crippen LogP contribution in [0.4, 0.5) is 5.69 Å². The third kappa shape index (κ3) is 1.83. The fourth-order valence-corrected chi connectivity index (χ4v) is 4.58. The number of amides is 2. The van der Waals surface area contributed by atoms with Crippen molar-refractivity contribution in [3.05, 3.63) is 52.1 Å². The van der Waals surface area contributed by atoms with E-state index in [1.807, 2.05) is 13.0 Å². The van der Waals surface area contributed by atoms with E-state index in [4.69, 9.17) is 11.6 Å². The molecule has 1 aromatic carbocycles. The summed E-state index contributed by atoms with van der Waals surface area (Å²) in [4.78, 5) is 27.3. The SMILES string of the molecule is CC(C)=C1[C@H]2C=C[C@H]1[C@@H]1C(=O)N(c3ccc(C)c(Cl)c3)C(=O)[C@H]12. The lowest BCUT2D eigenvalue weighted by molar-refractivity contribution is -0.122. The molecule has 2 bridgehead atoms. The molecule has 0 unspecified atom stereocenters. The highest BCUT2D eigenvalue weighted by Crippen LogP contribution is 2.57. The van der Waals surface area contributed by atoms with Gasteiger partial charge in [0.05, 0.1) is 17.5 Å². The summed E-state index contributed by atoms with van der Waals surface area (Å²) in [7, 11) is 0. The zero-order chi connectivity index (χ0) is 16.5. The van der Waals surface area contributed by atoms with Gasteiger partial charge in [0.15, 0.2) is 0 Å². The second-order valence-corrected chi connectivity index (χ2v) is 7.30. The molecule has 23 heavy (non-hydrogen) atoms. The van der Waals surface area contributed by atoms with Gasteiger partial charge in [-0.15, -0.1) is 0 Å². The average Bonchev–Trinajstić information content (AvgIpc) is 3.13. The molecule has 1 heterocycles. The Morgan fingerprint density at radius 3 is 2.09 bits per heavy atom. The van der Waals surface area contributed by atoms with Crippen molar-refractivity contribution in [2.75, 3.05) is 4.90 Å². The van der Waals surface area contributed by atoms with E-state index < -0.39 is 0 Å². The van der Waals surface area contributed by atoms with Crippen LogP contribution >= 0.6 is 11.6 Å². The first-order chi connectivity index (χ1) is 10.9. The Bertz CT molecular complexity index is 770. The molecule has 3 nitrogen and oxygen atoms in total. The Hall–Kier alpha value is -1.87. The molecule has 2 amide bonds. The average molecular weight is 328 g/mol. The second-order valence-electron chi connectivity index (χ2n) is 6.89. The number of fused-ring (bicyclic) bond motifs is 5. The molecule has 2 aliphatic carbocycles.